The largest absolute Gasteiger partial charge is 0.508 e. The lowest BCUT2D eigenvalue weighted by Crippen LogP contribution is -2.64. The van der Waals surface area contributed by atoms with Crippen molar-refractivity contribution >= 4 is 76.0 Å². The van der Waals surface area contributed by atoms with E-state index in [0.717, 1.165) is 62.4 Å². The van der Waals surface area contributed by atoms with Crippen molar-refractivity contribution in [2.24, 2.45) is 53.1 Å². The van der Waals surface area contributed by atoms with Crippen molar-refractivity contribution in [2.75, 3.05) is 26.3 Å². The van der Waals surface area contributed by atoms with Gasteiger partial charge in [-0.05, 0) is 208 Å². The van der Waals surface area contributed by atoms with Crippen molar-refractivity contribution < 1.29 is 122 Å². The van der Waals surface area contributed by atoms with Crippen LogP contribution < -0.4 is 56.6 Å². The molecule has 0 unspecified atom stereocenters. The number of hydrogen-bond acceptors (Lipinski definition) is 27. The summed E-state index contributed by atoms with van der Waals surface area (Å²) in [6.45, 7) is 11.0. The first kappa shape index (κ1) is 91.3. The molecule has 7 heterocycles. The molecular formula is C91H107Cl2N7O25. The maximum absolute atomic E-state index is 16.8. The molecule has 15 bridgehead atoms. The van der Waals surface area contributed by atoms with Gasteiger partial charge < -0.3 is 111 Å². The van der Waals surface area contributed by atoms with Gasteiger partial charge in [0.15, 0.2) is 41.2 Å². The van der Waals surface area contributed by atoms with E-state index in [1.807, 2.05) is 20.8 Å². The number of Topliss-reactive ketones (excluding diaryl/α,β-unsaturated/α-hetero) is 3. The lowest BCUT2D eigenvalue weighted by Gasteiger charge is -2.54. The summed E-state index contributed by atoms with van der Waals surface area (Å²) in [6.07, 6.45) is -15.6. The van der Waals surface area contributed by atoms with Crippen LogP contribution in [0.4, 0.5) is 0 Å². The van der Waals surface area contributed by atoms with Crippen LogP contribution in [0.3, 0.4) is 0 Å². The number of imide groups is 1. The maximum Gasteiger partial charge on any atom is 0.257 e. The number of benzene rings is 6. The number of ketones is 3. The highest BCUT2D eigenvalue weighted by atomic mass is 35.5. The van der Waals surface area contributed by atoms with Crippen LogP contribution in [-0.2, 0) is 52.6 Å². The predicted octanol–water partition coefficient (Wildman–Crippen LogP) is 7.93. The van der Waals surface area contributed by atoms with E-state index in [0.29, 0.717) is 37.1 Å². The van der Waals surface area contributed by atoms with E-state index in [9.17, 15) is 60.3 Å². The zero-order valence-corrected chi connectivity index (χ0v) is 71.3. The molecular weight excluding hydrogens is 1660 g/mol. The molecule has 32 nitrogen and oxygen atoms in total. The number of likely N-dealkylation sites (N-methyl/N-ethyl adjacent to an activating group) is 1. The molecule has 7 aliphatic heterocycles. The van der Waals surface area contributed by atoms with Gasteiger partial charge in [-0.1, -0.05) is 69.1 Å². The van der Waals surface area contributed by atoms with Crippen molar-refractivity contribution in [3.63, 3.8) is 0 Å². The van der Waals surface area contributed by atoms with Gasteiger partial charge in [0.25, 0.3) is 5.91 Å². The highest BCUT2D eigenvalue weighted by molar-refractivity contribution is 6.32. The van der Waals surface area contributed by atoms with Gasteiger partial charge in [-0.3, -0.25) is 48.5 Å². The Kier molecular flexibility index (Phi) is 28.0. The second-order valence-electron chi connectivity index (χ2n) is 35.1. The Morgan fingerprint density at radius 3 is 1.95 bits per heavy atom. The van der Waals surface area contributed by atoms with Gasteiger partial charge >= 0.3 is 0 Å². The first-order chi connectivity index (χ1) is 59.5. The molecule has 0 radical (unpaired) electrons. The highest BCUT2D eigenvalue weighted by Gasteiger charge is 2.53. The van der Waals surface area contributed by atoms with Crippen LogP contribution in [-0.4, -0.2) is 192 Å². The summed E-state index contributed by atoms with van der Waals surface area (Å²) < 4.78 is 45.1. The number of fused-ring (bicyclic) bond motifs is 15. The number of phenols is 3. The number of phenolic OH excluding ortho intramolecular Hbond substituents is 3. The smallest absolute Gasteiger partial charge is 0.257 e. The Morgan fingerprint density at radius 2 is 1.34 bits per heavy atom. The van der Waals surface area contributed by atoms with Crippen molar-refractivity contribution in [1.29, 1.82) is 0 Å². The number of carbonyl (C=O) groups excluding carboxylic acids is 9. The fourth-order valence-electron chi connectivity index (χ4n) is 19.4. The van der Waals surface area contributed by atoms with Crippen LogP contribution in [0.15, 0.2) is 103 Å². The molecule has 2 saturated heterocycles. The lowest BCUT2D eigenvalue weighted by molar-refractivity contribution is -0.333. The minimum Gasteiger partial charge on any atom is -0.508 e. The van der Waals surface area contributed by atoms with Crippen LogP contribution in [0.1, 0.15) is 187 Å². The first-order valence-corrected chi connectivity index (χ1v) is 43.3. The standard InChI is InChI=1S/C91H107Cl2N7O25/c1-7-44(21-40(3)4)85(114)99-76-63(105)30-52(33-71(108)96-86(115)45-9-14-54(15-10-45)119-20-19-95-8-2)87(116)97-74-51-31-68(121-66-17-12-47(78(76)109)28-59(66)92)82(125-90-83(81(112)80(111)70(39-101)123-90)124-72-38-91(6,94)84(113)41(5)120-72)69(32-51)122-67-18-13-48(29-60(67)93)79(110)77-89(118)98-75(65(107)36-55-49-23-42-22-43(25-49)26-50(55)24-42)58-34-53(102)35-62(104)73(58)57-27-46(11-16-61(57)103)56(37-64(74)106)88(117)100-77/h9-18,27-29,31-32,34-35,40-44,49-50,52,55-56,70,72,74-81,83-84,90,95,101-104,109-113H,7-8,19-26,30,33,36-39,94H2,1-6H3,(H,97,116)(H,98,118)(H,99,114)(H,100,117)(H,96,108,115)/t41-,42?,43?,44+,49?,50?,52-,55?,56+,70+,72-,74+,75-,76-,77-,78+,79+,80+,81-,83+,84+,90-,91-/m0/s1. The van der Waals surface area contributed by atoms with Crippen molar-refractivity contribution in [1.82, 2.24) is 31.9 Å². The second-order valence-corrected chi connectivity index (χ2v) is 35.9. The zero-order chi connectivity index (χ0) is 89.5. The molecule has 125 heavy (non-hydrogen) atoms. The van der Waals surface area contributed by atoms with Crippen molar-refractivity contribution in [3.05, 3.63) is 147 Å². The molecule has 17 rings (SSSR count). The molecule has 6 aromatic carbocycles. The molecule has 670 valence electrons. The number of carbonyl (C=O) groups is 9. The normalized spacial score (nSPS) is 30.5. The van der Waals surface area contributed by atoms with Crippen LogP contribution in [0, 0.1) is 47.3 Å². The summed E-state index contributed by atoms with van der Waals surface area (Å²) in [5.41, 5.74) is 3.49. The Hall–Kier alpha value is -9.91. The monoisotopic (exact) mass is 1770 g/mol. The van der Waals surface area contributed by atoms with Gasteiger partial charge in [0, 0.05) is 72.9 Å². The molecule has 6 amide bonds. The number of ether oxygens (including phenoxy) is 7. The quantitative estimate of drug-likeness (QED) is 0.0304. The highest BCUT2D eigenvalue weighted by Crippen LogP contribution is 2.59. The predicted molar refractivity (Wildman–Crippen MR) is 449 cm³/mol. The third kappa shape index (κ3) is 19.9. The van der Waals surface area contributed by atoms with E-state index in [-0.39, 0.29) is 110 Å². The minimum atomic E-state index is -2.26. The number of hydrogen-bond donors (Lipinski definition) is 16. The number of nitrogens with one attached hydrogen (secondary N) is 6. The zero-order valence-electron chi connectivity index (χ0n) is 69.8. The van der Waals surface area contributed by atoms with E-state index in [2.05, 4.69) is 31.9 Å². The van der Waals surface area contributed by atoms with E-state index < -0.39 is 228 Å². The number of aliphatic hydroxyl groups is 6. The molecule has 34 heteroatoms. The van der Waals surface area contributed by atoms with Gasteiger partial charge in [0.1, 0.15) is 95.8 Å². The van der Waals surface area contributed by atoms with Crippen LogP contribution in [0.2, 0.25) is 10.0 Å². The Balaban J connectivity index is 0.959. The van der Waals surface area contributed by atoms with Crippen LogP contribution in [0.5, 0.6) is 51.7 Å². The summed E-state index contributed by atoms with van der Waals surface area (Å²) in [7, 11) is 0. The summed E-state index contributed by atoms with van der Waals surface area (Å²) in [4.78, 5) is 140. The van der Waals surface area contributed by atoms with E-state index >= 15 is 28.8 Å². The number of amides is 6. The molecule has 0 spiro atoms. The minimum absolute atomic E-state index is 0.0522. The maximum atomic E-state index is 16.8. The number of halogens is 2. The lowest BCUT2D eigenvalue weighted by atomic mass is 9.51. The fourth-order valence-corrected chi connectivity index (χ4v) is 19.8. The van der Waals surface area contributed by atoms with Gasteiger partial charge in [-0.2, -0.15) is 0 Å². The Morgan fingerprint density at radius 1 is 0.688 bits per heavy atom. The SMILES string of the molecule is CCNCCOc1ccc(C(=O)NC(=O)C[C@@H]2CC(=O)[C@H](NC(=O)[C@H](CC)CC(C)C)[C@H](O)c3ccc(c(Cl)c3)Oc3cc4cc(c3O[C@@H]3O[C@H](CO)[C@@H](O)[C@H](O)[C@H]3O[C@H]3C[C@](C)(N)[C@H](O)[C@H](C)O3)Oc3ccc(cc3Cl)[C@@H](O)[C@@H]3NC(=O)[C@H](CC(=O)[C@@H]4NC2=O)c2ccc(O)c(c2)-c2c(O)cc(O)cc2[C@@H](C(=O)CC2C4CC5CC(C4)CC2C5)NC3=O)cc1. The van der Waals surface area contributed by atoms with Crippen molar-refractivity contribution in [2.45, 2.75) is 216 Å². The van der Waals surface area contributed by atoms with Gasteiger partial charge in [-0.25, -0.2) is 0 Å². The Bertz CT molecular complexity index is 5060. The Labute approximate surface area is 730 Å². The van der Waals surface area contributed by atoms with Gasteiger partial charge in [0.05, 0.1) is 40.7 Å². The topological polar surface area (TPSA) is 499 Å². The third-order valence-corrected chi connectivity index (χ3v) is 26.3. The molecule has 11 aliphatic rings. The summed E-state index contributed by atoms with van der Waals surface area (Å²) in [5, 5.41) is 123. The number of nitrogens with two attached hydrogens (primary N) is 1. The molecule has 4 saturated carbocycles. The average molecular weight is 1770 g/mol. The average Bonchev–Trinajstić information content (AvgIpc) is 0.755. The summed E-state index contributed by atoms with van der Waals surface area (Å²) >= 11 is 14.6. The van der Waals surface area contributed by atoms with Crippen LogP contribution in [0.25, 0.3) is 11.1 Å². The molecule has 6 aromatic rings. The van der Waals surface area contributed by atoms with Gasteiger partial charge in [0.2, 0.25) is 41.6 Å². The van der Waals surface area contributed by atoms with E-state index in [1.165, 1.54) is 86.6 Å². The molecule has 0 aromatic heterocycles. The molecule has 6 fully saturated rings. The fraction of sp³-hybridized carbons (Fsp3) is 0.505. The second kappa shape index (κ2) is 38.3. The molecule has 17 N–H and O–H groups in total. The van der Waals surface area contributed by atoms with Crippen LogP contribution >= 0.6 is 23.2 Å². The molecule has 4 aliphatic carbocycles. The third-order valence-electron chi connectivity index (χ3n) is 25.7. The number of rotatable bonds is 21. The van der Waals surface area contributed by atoms with E-state index in [4.69, 9.17) is 62.1 Å². The van der Waals surface area contributed by atoms with Gasteiger partial charge in [-0.15, -0.1) is 0 Å². The molecule has 18 atom stereocenters. The van der Waals surface area contributed by atoms with E-state index in [1.54, 1.807) is 6.92 Å². The number of aliphatic hydroxyl groups excluding tert-OH is 6. The van der Waals surface area contributed by atoms with Crippen molar-refractivity contribution in [3.8, 4) is 62.9 Å². The first-order valence-electron chi connectivity index (χ1n) is 42.6. The summed E-state index contributed by atoms with van der Waals surface area (Å²) in [6, 6.07) is 12.8. The number of aromatic hydroxyl groups is 3. The summed E-state index contributed by atoms with van der Waals surface area (Å²) in [5.74, 6) is -16.8.